The molecule has 1 saturated carbocycles. The Balaban J connectivity index is 0.00000161. The molecule has 0 spiro atoms. The first-order chi connectivity index (χ1) is 9.72. The van der Waals surface area contributed by atoms with Crippen LogP contribution in [-0.4, -0.2) is 37.2 Å². The second kappa shape index (κ2) is 7.43. The molecule has 1 aromatic carbocycles. The van der Waals surface area contributed by atoms with Gasteiger partial charge in [-0.3, -0.25) is 4.90 Å². The molecule has 21 heavy (non-hydrogen) atoms. The maximum Gasteiger partial charge on any atom is 0.123 e. The first kappa shape index (κ1) is 16.5. The first-order valence-corrected chi connectivity index (χ1v) is 7.58. The molecule has 0 bridgehead atoms. The third-order valence-electron chi connectivity index (χ3n) is 4.72. The van der Waals surface area contributed by atoms with Crippen LogP contribution >= 0.6 is 12.4 Å². The summed E-state index contributed by atoms with van der Waals surface area (Å²) in [5.74, 6) is 1.97. The maximum absolute atomic E-state index is 12.8. The number of nitrogens with two attached hydrogens (primary N) is 1. The third-order valence-corrected chi connectivity index (χ3v) is 4.72. The van der Waals surface area contributed by atoms with E-state index in [0.717, 1.165) is 31.3 Å². The molecule has 0 radical (unpaired) electrons. The van der Waals surface area contributed by atoms with E-state index < -0.39 is 0 Å². The molecule has 0 amide bonds. The van der Waals surface area contributed by atoms with Crippen molar-refractivity contribution in [3.8, 4) is 5.75 Å². The van der Waals surface area contributed by atoms with Gasteiger partial charge in [-0.15, -0.1) is 12.4 Å². The molecule has 3 rings (SSSR count). The van der Waals surface area contributed by atoms with Gasteiger partial charge in [0.1, 0.15) is 18.2 Å². The fourth-order valence-corrected chi connectivity index (χ4v) is 3.61. The van der Waals surface area contributed by atoms with E-state index in [1.54, 1.807) is 12.1 Å². The minimum Gasteiger partial charge on any atom is -0.492 e. The topological polar surface area (TPSA) is 38.5 Å². The van der Waals surface area contributed by atoms with Gasteiger partial charge in [0.25, 0.3) is 0 Å². The van der Waals surface area contributed by atoms with E-state index in [9.17, 15) is 4.39 Å². The summed E-state index contributed by atoms with van der Waals surface area (Å²) >= 11 is 0. The van der Waals surface area contributed by atoms with E-state index in [1.807, 2.05) is 0 Å². The van der Waals surface area contributed by atoms with Crippen molar-refractivity contribution in [3.63, 3.8) is 0 Å². The number of benzene rings is 1. The van der Waals surface area contributed by atoms with Gasteiger partial charge in [-0.1, -0.05) is 6.42 Å². The highest BCUT2D eigenvalue weighted by molar-refractivity contribution is 5.85. The quantitative estimate of drug-likeness (QED) is 0.928. The lowest BCUT2D eigenvalue weighted by molar-refractivity contribution is 0.229. The number of hydrogen-bond donors (Lipinski definition) is 1. The van der Waals surface area contributed by atoms with Crippen molar-refractivity contribution in [1.82, 2.24) is 4.90 Å². The Morgan fingerprint density at radius 2 is 1.95 bits per heavy atom. The van der Waals surface area contributed by atoms with Crippen molar-refractivity contribution in [2.24, 2.45) is 17.6 Å². The molecule has 5 heteroatoms. The lowest BCUT2D eigenvalue weighted by atomic mass is 9.78. The second-order valence-electron chi connectivity index (χ2n) is 6.08. The van der Waals surface area contributed by atoms with Crippen LogP contribution in [0.25, 0.3) is 0 Å². The molecule has 1 aromatic rings. The molecular formula is C16H24ClFN2O. The Morgan fingerprint density at radius 1 is 1.19 bits per heavy atom. The summed E-state index contributed by atoms with van der Waals surface area (Å²) in [4.78, 5) is 2.46. The molecule has 2 fully saturated rings. The number of halogens is 2. The summed E-state index contributed by atoms with van der Waals surface area (Å²) in [6.45, 7) is 3.85. The fourth-order valence-electron chi connectivity index (χ4n) is 3.61. The summed E-state index contributed by atoms with van der Waals surface area (Å²) in [5, 5.41) is 0. The molecule has 3 atom stereocenters. The van der Waals surface area contributed by atoms with Crippen molar-refractivity contribution >= 4 is 12.4 Å². The Kier molecular flexibility index (Phi) is 5.85. The van der Waals surface area contributed by atoms with Gasteiger partial charge in [-0.25, -0.2) is 4.39 Å². The minimum absolute atomic E-state index is 0. The molecule has 1 heterocycles. The SMILES string of the molecule is Cl.NC1CCCC2CN(CCOc3ccc(F)cc3)CC12. The molecule has 1 aliphatic carbocycles. The van der Waals surface area contributed by atoms with Crippen LogP contribution < -0.4 is 10.5 Å². The zero-order valence-electron chi connectivity index (χ0n) is 12.2. The number of likely N-dealkylation sites (tertiary alicyclic amines) is 1. The summed E-state index contributed by atoms with van der Waals surface area (Å²) in [6, 6.07) is 6.60. The zero-order chi connectivity index (χ0) is 13.9. The van der Waals surface area contributed by atoms with Gasteiger partial charge in [0, 0.05) is 25.7 Å². The maximum atomic E-state index is 12.8. The lowest BCUT2D eigenvalue weighted by Gasteiger charge is -2.29. The summed E-state index contributed by atoms with van der Waals surface area (Å²) in [5.41, 5.74) is 6.22. The Bertz CT molecular complexity index is 442. The summed E-state index contributed by atoms with van der Waals surface area (Å²) in [7, 11) is 0. The van der Waals surface area contributed by atoms with Gasteiger partial charge in [0.15, 0.2) is 0 Å². The predicted octanol–water partition coefficient (Wildman–Crippen LogP) is 2.69. The van der Waals surface area contributed by atoms with E-state index in [4.69, 9.17) is 10.5 Å². The number of hydrogen-bond acceptors (Lipinski definition) is 3. The Morgan fingerprint density at radius 3 is 2.67 bits per heavy atom. The van der Waals surface area contributed by atoms with Crippen LogP contribution in [0.15, 0.2) is 24.3 Å². The van der Waals surface area contributed by atoms with Crippen molar-refractivity contribution in [3.05, 3.63) is 30.1 Å². The molecule has 0 aromatic heterocycles. The van der Waals surface area contributed by atoms with E-state index in [0.29, 0.717) is 18.6 Å². The van der Waals surface area contributed by atoms with E-state index in [-0.39, 0.29) is 18.2 Å². The van der Waals surface area contributed by atoms with Crippen LogP contribution in [0.5, 0.6) is 5.75 Å². The van der Waals surface area contributed by atoms with Crippen LogP contribution in [0, 0.1) is 17.7 Å². The number of rotatable bonds is 4. The lowest BCUT2D eigenvalue weighted by Crippen LogP contribution is -2.38. The fraction of sp³-hybridized carbons (Fsp3) is 0.625. The highest BCUT2D eigenvalue weighted by atomic mass is 35.5. The normalized spacial score (nSPS) is 28.8. The standard InChI is InChI=1S/C16H23FN2O.ClH/c17-13-4-6-14(7-5-13)20-9-8-19-10-12-2-1-3-16(18)15(12)11-19;/h4-7,12,15-16H,1-3,8-11,18H2;1H. The zero-order valence-corrected chi connectivity index (χ0v) is 13.0. The number of ether oxygens (including phenoxy) is 1. The molecule has 1 saturated heterocycles. The molecule has 2 aliphatic rings. The monoisotopic (exact) mass is 314 g/mol. The molecule has 1 aliphatic heterocycles. The first-order valence-electron chi connectivity index (χ1n) is 7.58. The second-order valence-corrected chi connectivity index (χ2v) is 6.08. The molecule has 3 unspecified atom stereocenters. The average Bonchev–Trinajstić information content (AvgIpc) is 2.85. The van der Waals surface area contributed by atoms with Gasteiger partial charge < -0.3 is 10.5 Å². The smallest absolute Gasteiger partial charge is 0.123 e. The predicted molar refractivity (Wildman–Crippen MR) is 84.4 cm³/mol. The van der Waals surface area contributed by atoms with Crippen molar-refractivity contribution in [2.45, 2.75) is 25.3 Å². The summed E-state index contributed by atoms with van der Waals surface area (Å²) in [6.07, 6.45) is 3.79. The highest BCUT2D eigenvalue weighted by Crippen LogP contribution is 2.35. The molecule has 2 N–H and O–H groups in total. The Hall–Kier alpha value is -0.840. The van der Waals surface area contributed by atoms with Crippen LogP contribution in [-0.2, 0) is 0 Å². The average molecular weight is 315 g/mol. The number of fused-ring (bicyclic) bond motifs is 1. The van der Waals surface area contributed by atoms with E-state index in [1.165, 1.54) is 31.4 Å². The van der Waals surface area contributed by atoms with Crippen LogP contribution in [0.2, 0.25) is 0 Å². The molecule has 3 nitrogen and oxygen atoms in total. The molecule has 118 valence electrons. The van der Waals surface area contributed by atoms with Crippen molar-refractivity contribution in [2.75, 3.05) is 26.2 Å². The summed E-state index contributed by atoms with van der Waals surface area (Å²) < 4.78 is 18.4. The molecular weight excluding hydrogens is 291 g/mol. The van der Waals surface area contributed by atoms with Crippen LogP contribution in [0.4, 0.5) is 4.39 Å². The third kappa shape index (κ3) is 4.09. The highest BCUT2D eigenvalue weighted by Gasteiger charge is 2.38. The van der Waals surface area contributed by atoms with Gasteiger partial charge >= 0.3 is 0 Å². The van der Waals surface area contributed by atoms with E-state index in [2.05, 4.69) is 4.90 Å². The van der Waals surface area contributed by atoms with Gasteiger partial charge in [0.05, 0.1) is 0 Å². The minimum atomic E-state index is -0.227. The van der Waals surface area contributed by atoms with Gasteiger partial charge in [0.2, 0.25) is 0 Å². The van der Waals surface area contributed by atoms with Crippen LogP contribution in [0.1, 0.15) is 19.3 Å². The van der Waals surface area contributed by atoms with Gasteiger partial charge in [-0.05, 0) is 48.9 Å². The van der Waals surface area contributed by atoms with Crippen LogP contribution in [0.3, 0.4) is 0 Å². The van der Waals surface area contributed by atoms with Crippen molar-refractivity contribution < 1.29 is 9.13 Å². The van der Waals surface area contributed by atoms with Crippen molar-refractivity contribution in [1.29, 1.82) is 0 Å². The Labute approximate surface area is 132 Å². The van der Waals surface area contributed by atoms with Gasteiger partial charge in [-0.2, -0.15) is 0 Å². The largest absolute Gasteiger partial charge is 0.492 e. The number of nitrogens with zero attached hydrogens (tertiary/aromatic N) is 1. The van der Waals surface area contributed by atoms with E-state index >= 15 is 0 Å².